The topological polar surface area (TPSA) is 41.6 Å². The molecule has 3 aromatic carbocycles. The zero-order chi connectivity index (χ0) is 23.2. The molecule has 0 aliphatic carbocycles. The Hall–Kier alpha value is -2.53. The summed E-state index contributed by atoms with van der Waals surface area (Å²) < 4.78 is 5.83. The van der Waals surface area contributed by atoms with Gasteiger partial charge in [-0.05, 0) is 54.8 Å². The number of benzene rings is 3. The molecule has 4 nitrogen and oxygen atoms in total. The average Bonchev–Trinajstić information content (AvgIpc) is 3.01. The third-order valence-electron chi connectivity index (χ3n) is 6.06. The van der Waals surface area contributed by atoms with Gasteiger partial charge in [0.2, 0.25) is 5.91 Å². The first-order chi connectivity index (χ1) is 16.0. The maximum absolute atomic E-state index is 13.0. The van der Waals surface area contributed by atoms with Crippen LogP contribution in [0.3, 0.4) is 0 Å². The molecule has 2 unspecified atom stereocenters. The molecule has 1 aliphatic heterocycles. The van der Waals surface area contributed by atoms with Crippen LogP contribution in [0.1, 0.15) is 29.5 Å². The minimum atomic E-state index is -0.0649. The Bertz CT molecular complexity index is 1070. The van der Waals surface area contributed by atoms with Crippen molar-refractivity contribution in [1.82, 2.24) is 10.2 Å². The van der Waals surface area contributed by atoms with Gasteiger partial charge < -0.3 is 10.1 Å². The predicted octanol–water partition coefficient (Wildman–Crippen LogP) is 5.72. The van der Waals surface area contributed by atoms with Gasteiger partial charge in [0, 0.05) is 40.7 Å². The standard InChI is InChI=1S/C27H28Cl2N2O2/c1-19(30-27(32)18-31-14-15-33-26-5-3-2-4-22(26)17-31)25(21-8-12-24(29)13-9-21)16-20-6-10-23(28)11-7-20/h2-13,19,25H,14-18H2,1H3,(H,30,32). The maximum Gasteiger partial charge on any atom is 0.234 e. The van der Waals surface area contributed by atoms with E-state index in [1.54, 1.807) is 0 Å². The van der Waals surface area contributed by atoms with Crippen LogP contribution in [0.4, 0.5) is 0 Å². The molecule has 0 radical (unpaired) electrons. The molecule has 0 spiro atoms. The van der Waals surface area contributed by atoms with Crippen molar-refractivity contribution < 1.29 is 9.53 Å². The summed E-state index contributed by atoms with van der Waals surface area (Å²) in [5, 5.41) is 4.65. The van der Waals surface area contributed by atoms with Crippen molar-refractivity contribution in [3.05, 3.63) is 99.5 Å². The van der Waals surface area contributed by atoms with Crippen molar-refractivity contribution in [1.29, 1.82) is 0 Å². The van der Waals surface area contributed by atoms with Gasteiger partial charge in [-0.25, -0.2) is 0 Å². The van der Waals surface area contributed by atoms with Crippen LogP contribution >= 0.6 is 23.2 Å². The minimum Gasteiger partial charge on any atom is -0.492 e. The third kappa shape index (κ3) is 6.50. The molecular formula is C27H28Cl2N2O2. The normalized spacial score (nSPS) is 15.6. The lowest BCUT2D eigenvalue weighted by atomic mass is 9.86. The Kier molecular flexibility index (Phi) is 7.92. The number of hydrogen-bond acceptors (Lipinski definition) is 3. The van der Waals surface area contributed by atoms with Crippen LogP contribution in [-0.2, 0) is 17.8 Å². The molecular weight excluding hydrogens is 455 g/mol. The number of fused-ring (bicyclic) bond motifs is 1. The van der Waals surface area contributed by atoms with Gasteiger partial charge in [0.15, 0.2) is 0 Å². The summed E-state index contributed by atoms with van der Waals surface area (Å²) in [6.07, 6.45) is 0.783. The van der Waals surface area contributed by atoms with Crippen molar-refractivity contribution in [3.8, 4) is 5.75 Å². The lowest BCUT2D eigenvalue weighted by Crippen LogP contribution is -2.44. The number of carbonyl (C=O) groups is 1. The maximum atomic E-state index is 13.0. The van der Waals surface area contributed by atoms with E-state index in [0.29, 0.717) is 36.3 Å². The summed E-state index contributed by atoms with van der Waals surface area (Å²) in [4.78, 5) is 15.1. The minimum absolute atomic E-state index is 0.0111. The van der Waals surface area contributed by atoms with Gasteiger partial charge in [-0.15, -0.1) is 0 Å². The van der Waals surface area contributed by atoms with E-state index in [2.05, 4.69) is 23.2 Å². The van der Waals surface area contributed by atoms with Crippen LogP contribution in [0.2, 0.25) is 10.0 Å². The number of halogens is 2. The van der Waals surface area contributed by atoms with Crippen LogP contribution in [0, 0.1) is 0 Å². The molecule has 0 saturated carbocycles. The van der Waals surface area contributed by atoms with Crippen LogP contribution < -0.4 is 10.1 Å². The second-order valence-corrected chi connectivity index (χ2v) is 9.38. The summed E-state index contributed by atoms with van der Waals surface area (Å²) in [6, 6.07) is 23.7. The van der Waals surface area contributed by atoms with Crippen LogP contribution in [-0.4, -0.2) is 36.5 Å². The average molecular weight is 483 g/mol. The van der Waals surface area contributed by atoms with Crippen LogP contribution in [0.5, 0.6) is 5.75 Å². The van der Waals surface area contributed by atoms with E-state index in [9.17, 15) is 4.79 Å². The second-order valence-electron chi connectivity index (χ2n) is 8.51. The van der Waals surface area contributed by atoms with Crippen LogP contribution in [0.15, 0.2) is 72.8 Å². The number of ether oxygens (including phenoxy) is 1. The molecule has 2 atom stereocenters. The number of nitrogens with one attached hydrogen (secondary N) is 1. The molecule has 0 aromatic heterocycles. The predicted molar refractivity (Wildman–Crippen MR) is 134 cm³/mol. The second kappa shape index (κ2) is 11.1. The van der Waals surface area contributed by atoms with E-state index in [1.165, 1.54) is 5.56 Å². The first-order valence-electron chi connectivity index (χ1n) is 11.2. The lowest BCUT2D eigenvalue weighted by molar-refractivity contribution is -0.123. The fraction of sp³-hybridized carbons (Fsp3) is 0.296. The molecule has 172 valence electrons. The lowest BCUT2D eigenvalue weighted by Gasteiger charge is -2.27. The highest BCUT2D eigenvalue weighted by Crippen LogP contribution is 2.27. The number of hydrogen-bond donors (Lipinski definition) is 1. The molecule has 0 saturated heterocycles. The van der Waals surface area contributed by atoms with Crippen molar-refractivity contribution >= 4 is 29.1 Å². The molecule has 4 rings (SSSR count). The van der Waals surface area contributed by atoms with E-state index >= 15 is 0 Å². The smallest absolute Gasteiger partial charge is 0.234 e. The largest absolute Gasteiger partial charge is 0.492 e. The van der Waals surface area contributed by atoms with Gasteiger partial charge in [0.05, 0.1) is 6.54 Å². The Morgan fingerprint density at radius 1 is 1.00 bits per heavy atom. The Labute approximate surface area is 205 Å². The monoisotopic (exact) mass is 482 g/mol. The summed E-state index contributed by atoms with van der Waals surface area (Å²) in [5.41, 5.74) is 3.42. The number of nitrogens with zero attached hydrogens (tertiary/aromatic N) is 1. The first-order valence-corrected chi connectivity index (χ1v) is 12.0. The SMILES string of the molecule is CC(NC(=O)CN1CCOc2ccccc2C1)C(Cc1ccc(Cl)cc1)c1ccc(Cl)cc1. The van der Waals surface area contributed by atoms with E-state index in [0.717, 1.165) is 23.3 Å². The van der Waals surface area contributed by atoms with Crippen molar-refractivity contribution in [2.75, 3.05) is 19.7 Å². The molecule has 1 N–H and O–H groups in total. The van der Waals surface area contributed by atoms with Gasteiger partial charge in [0.25, 0.3) is 0 Å². The van der Waals surface area contributed by atoms with Crippen molar-refractivity contribution in [2.24, 2.45) is 0 Å². The first kappa shape index (κ1) is 23.6. The summed E-state index contributed by atoms with van der Waals surface area (Å²) in [7, 11) is 0. The zero-order valence-electron chi connectivity index (χ0n) is 18.6. The summed E-state index contributed by atoms with van der Waals surface area (Å²) in [5.74, 6) is 1.01. The highest BCUT2D eigenvalue weighted by atomic mass is 35.5. The van der Waals surface area contributed by atoms with Gasteiger partial charge >= 0.3 is 0 Å². The van der Waals surface area contributed by atoms with Gasteiger partial charge in [-0.2, -0.15) is 0 Å². The fourth-order valence-electron chi connectivity index (χ4n) is 4.29. The molecule has 1 aliphatic rings. The Balaban J connectivity index is 1.44. The fourth-order valence-corrected chi connectivity index (χ4v) is 4.54. The van der Waals surface area contributed by atoms with E-state index in [1.807, 2.05) is 66.7 Å². The van der Waals surface area contributed by atoms with Crippen LogP contribution in [0.25, 0.3) is 0 Å². The molecule has 0 fully saturated rings. The Morgan fingerprint density at radius 2 is 1.67 bits per heavy atom. The van der Waals surface area contributed by atoms with Gasteiger partial charge in [0.1, 0.15) is 12.4 Å². The number of carbonyl (C=O) groups excluding carboxylic acids is 1. The van der Waals surface area contributed by atoms with Crippen molar-refractivity contribution in [3.63, 3.8) is 0 Å². The number of para-hydroxylation sites is 1. The zero-order valence-corrected chi connectivity index (χ0v) is 20.1. The highest BCUT2D eigenvalue weighted by Gasteiger charge is 2.24. The Morgan fingerprint density at radius 3 is 2.39 bits per heavy atom. The molecule has 3 aromatic rings. The van der Waals surface area contributed by atoms with Gasteiger partial charge in [-0.1, -0.05) is 65.7 Å². The molecule has 33 heavy (non-hydrogen) atoms. The van der Waals surface area contributed by atoms with E-state index in [4.69, 9.17) is 27.9 Å². The molecule has 1 amide bonds. The quantitative estimate of drug-likeness (QED) is 0.468. The van der Waals surface area contributed by atoms with E-state index in [-0.39, 0.29) is 17.9 Å². The summed E-state index contributed by atoms with van der Waals surface area (Å²) >= 11 is 12.2. The highest BCUT2D eigenvalue weighted by molar-refractivity contribution is 6.30. The number of rotatable bonds is 7. The molecule has 0 bridgehead atoms. The molecule has 1 heterocycles. The van der Waals surface area contributed by atoms with Crippen molar-refractivity contribution in [2.45, 2.75) is 31.8 Å². The van der Waals surface area contributed by atoms with Gasteiger partial charge in [-0.3, -0.25) is 9.69 Å². The van der Waals surface area contributed by atoms with E-state index < -0.39 is 0 Å². The third-order valence-corrected chi connectivity index (χ3v) is 6.56. The summed E-state index contributed by atoms with van der Waals surface area (Å²) in [6.45, 7) is 4.37. The number of amides is 1. The molecule has 6 heteroatoms.